The molecule has 1 atom stereocenters. The molecular weight excluding hydrogens is 254 g/mol. The lowest BCUT2D eigenvalue weighted by Gasteiger charge is -2.09. The van der Waals surface area contributed by atoms with Crippen molar-refractivity contribution < 1.29 is 23.9 Å². The van der Waals surface area contributed by atoms with Crippen LogP contribution in [-0.4, -0.2) is 28.0 Å². The summed E-state index contributed by atoms with van der Waals surface area (Å²) < 4.78 is 5.20. The van der Waals surface area contributed by atoms with Gasteiger partial charge in [-0.3, -0.25) is 10.1 Å². The highest BCUT2D eigenvalue weighted by atomic mass is 16.4. The average Bonchev–Trinajstić information content (AvgIpc) is 2.73. The molecule has 1 unspecified atom stereocenters. The van der Waals surface area contributed by atoms with E-state index in [-0.39, 0.29) is 0 Å². The molecule has 102 valence electrons. The summed E-state index contributed by atoms with van der Waals surface area (Å²) >= 11 is 0. The molecule has 3 amide bonds. The molecule has 0 bridgehead atoms. The molecule has 0 aliphatic heterocycles. The number of aromatic nitrogens is 1. The van der Waals surface area contributed by atoms with Gasteiger partial charge in [-0.15, -0.1) is 0 Å². The molecule has 0 fully saturated rings. The maximum atomic E-state index is 11.4. The largest absolute Gasteiger partial charge is 0.478 e. The van der Waals surface area contributed by atoms with Gasteiger partial charge in [0.1, 0.15) is 11.8 Å². The van der Waals surface area contributed by atoms with Gasteiger partial charge in [0.2, 0.25) is 5.89 Å². The first-order valence-corrected chi connectivity index (χ1v) is 5.33. The average molecular weight is 267 g/mol. The Balaban J connectivity index is 2.47. The minimum absolute atomic E-state index is 0.307. The van der Waals surface area contributed by atoms with Crippen LogP contribution < -0.4 is 10.6 Å². The standard InChI is InChI=1S/C11H13N3O5/c1-6-5-12-10(19-6)7(2)13-11(18)14-8(15)3-4-9(16)17/h3-5,7H,1-2H3,(H,16,17)(H2,13,14,15,18)/b4-3+. The SMILES string of the molecule is Cc1cnc(C(C)NC(=O)NC(=O)/C=C/C(=O)O)o1. The van der Waals surface area contributed by atoms with Crippen molar-refractivity contribution in [1.82, 2.24) is 15.6 Å². The van der Waals surface area contributed by atoms with Crippen molar-refractivity contribution in [2.45, 2.75) is 19.9 Å². The van der Waals surface area contributed by atoms with Crippen molar-refractivity contribution >= 4 is 17.9 Å². The minimum Gasteiger partial charge on any atom is -0.478 e. The van der Waals surface area contributed by atoms with E-state index in [0.29, 0.717) is 17.7 Å². The fourth-order valence-electron chi connectivity index (χ4n) is 1.17. The van der Waals surface area contributed by atoms with Crippen molar-refractivity contribution in [3.8, 4) is 0 Å². The molecule has 0 saturated heterocycles. The lowest BCUT2D eigenvalue weighted by molar-refractivity contribution is -0.131. The van der Waals surface area contributed by atoms with Crippen LogP contribution in [0, 0.1) is 6.92 Å². The van der Waals surface area contributed by atoms with E-state index >= 15 is 0 Å². The van der Waals surface area contributed by atoms with Gasteiger partial charge in [-0.25, -0.2) is 14.6 Å². The van der Waals surface area contributed by atoms with E-state index < -0.39 is 23.9 Å². The van der Waals surface area contributed by atoms with Crippen LogP contribution in [0.3, 0.4) is 0 Å². The van der Waals surface area contributed by atoms with Crippen LogP contribution in [0.1, 0.15) is 24.6 Å². The number of nitrogens with one attached hydrogen (secondary N) is 2. The first-order valence-electron chi connectivity index (χ1n) is 5.33. The number of hydrogen-bond donors (Lipinski definition) is 3. The maximum Gasteiger partial charge on any atom is 0.328 e. The van der Waals surface area contributed by atoms with Crippen molar-refractivity contribution in [3.63, 3.8) is 0 Å². The van der Waals surface area contributed by atoms with E-state index in [1.807, 2.05) is 5.32 Å². The smallest absolute Gasteiger partial charge is 0.328 e. The van der Waals surface area contributed by atoms with Gasteiger partial charge < -0.3 is 14.8 Å². The number of carboxylic acids is 1. The molecule has 0 aliphatic carbocycles. The van der Waals surface area contributed by atoms with E-state index in [2.05, 4.69) is 10.3 Å². The summed E-state index contributed by atoms with van der Waals surface area (Å²) in [5.74, 6) is -1.21. The molecule has 1 aromatic heterocycles. The summed E-state index contributed by atoms with van der Waals surface area (Å²) in [7, 11) is 0. The third kappa shape index (κ3) is 5.02. The Morgan fingerprint density at radius 1 is 1.42 bits per heavy atom. The Labute approximate surface area is 108 Å². The summed E-state index contributed by atoms with van der Waals surface area (Å²) in [5.41, 5.74) is 0. The Hall–Kier alpha value is -2.64. The van der Waals surface area contributed by atoms with Crippen LogP contribution in [0.15, 0.2) is 22.8 Å². The van der Waals surface area contributed by atoms with E-state index in [1.165, 1.54) is 6.20 Å². The highest BCUT2D eigenvalue weighted by molar-refractivity contribution is 6.02. The van der Waals surface area contributed by atoms with E-state index in [4.69, 9.17) is 9.52 Å². The molecule has 1 heterocycles. The van der Waals surface area contributed by atoms with Gasteiger partial charge >= 0.3 is 12.0 Å². The quantitative estimate of drug-likeness (QED) is 0.683. The summed E-state index contributed by atoms with van der Waals surface area (Å²) in [6.07, 6.45) is 2.87. The second-order valence-electron chi connectivity index (χ2n) is 3.67. The van der Waals surface area contributed by atoms with E-state index in [0.717, 1.165) is 6.08 Å². The highest BCUT2D eigenvalue weighted by Crippen LogP contribution is 2.11. The molecule has 0 aliphatic rings. The van der Waals surface area contributed by atoms with Crippen LogP contribution >= 0.6 is 0 Å². The molecule has 8 heteroatoms. The zero-order valence-electron chi connectivity index (χ0n) is 10.3. The number of aliphatic carboxylic acids is 1. The molecule has 0 saturated carbocycles. The van der Waals surface area contributed by atoms with Crippen LogP contribution in [0.2, 0.25) is 0 Å². The number of hydrogen-bond acceptors (Lipinski definition) is 5. The summed E-state index contributed by atoms with van der Waals surface area (Å²) in [6, 6.07) is -1.30. The number of imide groups is 1. The third-order valence-electron chi connectivity index (χ3n) is 1.97. The monoisotopic (exact) mass is 267 g/mol. The number of carbonyl (C=O) groups is 3. The normalized spacial score (nSPS) is 12.1. The van der Waals surface area contributed by atoms with Crippen LogP contribution in [0.5, 0.6) is 0 Å². The summed E-state index contributed by atoms with van der Waals surface area (Å²) in [5, 5.41) is 12.7. The van der Waals surface area contributed by atoms with Gasteiger partial charge in [-0.2, -0.15) is 0 Å². The zero-order valence-corrected chi connectivity index (χ0v) is 10.3. The Kier molecular flexibility index (Phi) is 4.81. The molecule has 8 nitrogen and oxygen atoms in total. The van der Waals surface area contributed by atoms with Crippen molar-refractivity contribution in [1.29, 1.82) is 0 Å². The first-order chi connectivity index (χ1) is 8.88. The number of oxazole rings is 1. The second-order valence-corrected chi connectivity index (χ2v) is 3.67. The van der Waals surface area contributed by atoms with E-state index in [9.17, 15) is 14.4 Å². The number of carboxylic acid groups (broad SMARTS) is 1. The number of aryl methyl sites for hydroxylation is 1. The topological polar surface area (TPSA) is 122 Å². The predicted molar refractivity (Wildman–Crippen MR) is 63.1 cm³/mol. The number of amides is 3. The summed E-state index contributed by atoms with van der Waals surface area (Å²) in [4.78, 5) is 36.6. The minimum atomic E-state index is -1.28. The second kappa shape index (κ2) is 6.34. The van der Waals surface area contributed by atoms with Crippen LogP contribution in [0.4, 0.5) is 4.79 Å². The third-order valence-corrected chi connectivity index (χ3v) is 1.97. The van der Waals surface area contributed by atoms with Crippen molar-refractivity contribution in [2.75, 3.05) is 0 Å². The molecule has 1 rings (SSSR count). The molecule has 19 heavy (non-hydrogen) atoms. The molecule has 0 radical (unpaired) electrons. The lowest BCUT2D eigenvalue weighted by Crippen LogP contribution is -2.40. The van der Waals surface area contributed by atoms with Crippen molar-refractivity contribution in [2.24, 2.45) is 0 Å². The molecule has 0 aromatic carbocycles. The fraction of sp³-hybridized carbons (Fsp3) is 0.273. The summed E-state index contributed by atoms with van der Waals surface area (Å²) in [6.45, 7) is 3.34. The first kappa shape index (κ1) is 14.4. The number of carbonyl (C=O) groups excluding carboxylic acids is 2. The van der Waals surface area contributed by atoms with Gasteiger partial charge in [0.25, 0.3) is 5.91 Å². The number of nitrogens with zero attached hydrogens (tertiary/aromatic N) is 1. The van der Waals surface area contributed by atoms with Gasteiger partial charge in [0.05, 0.1) is 6.20 Å². The van der Waals surface area contributed by atoms with Crippen LogP contribution in [0.25, 0.3) is 0 Å². The molecular formula is C11H13N3O5. The molecule has 0 spiro atoms. The number of rotatable bonds is 4. The van der Waals surface area contributed by atoms with Gasteiger partial charge in [0.15, 0.2) is 0 Å². The van der Waals surface area contributed by atoms with Crippen LogP contribution in [-0.2, 0) is 9.59 Å². The van der Waals surface area contributed by atoms with Gasteiger partial charge in [-0.1, -0.05) is 0 Å². The van der Waals surface area contributed by atoms with E-state index in [1.54, 1.807) is 13.8 Å². The van der Waals surface area contributed by atoms with Crippen molar-refractivity contribution in [3.05, 3.63) is 30.0 Å². The predicted octanol–water partition coefficient (Wildman–Crippen LogP) is 0.511. The lowest BCUT2D eigenvalue weighted by atomic mass is 10.3. The Morgan fingerprint density at radius 3 is 2.63 bits per heavy atom. The number of urea groups is 1. The Morgan fingerprint density at radius 2 is 2.11 bits per heavy atom. The van der Waals surface area contributed by atoms with Gasteiger partial charge in [-0.05, 0) is 13.8 Å². The molecule has 3 N–H and O–H groups in total. The highest BCUT2D eigenvalue weighted by Gasteiger charge is 2.15. The Bertz CT molecular complexity index is 520. The zero-order chi connectivity index (χ0) is 14.4. The fourth-order valence-corrected chi connectivity index (χ4v) is 1.17. The molecule has 1 aromatic rings. The maximum absolute atomic E-state index is 11.4. The van der Waals surface area contributed by atoms with Gasteiger partial charge in [0, 0.05) is 12.2 Å².